The number of hydrogen-bond acceptors (Lipinski definition) is 6. The van der Waals surface area contributed by atoms with Gasteiger partial charge in [0.2, 0.25) is 0 Å². The first kappa shape index (κ1) is 16.8. The fourth-order valence-electron chi connectivity index (χ4n) is 2.23. The fraction of sp³-hybridized carbons (Fsp3) is 0.125. The monoisotopic (exact) mass is 357 g/mol. The van der Waals surface area contributed by atoms with Gasteiger partial charge in [-0.1, -0.05) is 12.1 Å². The van der Waals surface area contributed by atoms with E-state index in [1.165, 1.54) is 37.5 Å². The van der Waals surface area contributed by atoms with Crippen molar-refractivity contribution in [3.05, 3.63) is 60.4 Å². The van der Waals surface area contributed by atoms with E-state index in [1.807, 2.05) is 0 Å². The molecule has 128 valence electrons. The molecule has 1 aromatic carbocycles. The Balaban J connectivity index is 1.93. The number of rotatable bonds is 5. The molecule has 0 unspecified atom stereocenters. The van der Waals surface area contributed by atoms with Gasteiger partial charge in [0.05, 0.1) is 4.90 Å². The highest BCUT2D eigenvalue weighted by Gasteiger charge is 2.17. The van der Waals surface area contributed by atoms with Gasteiger partial charge in [0.15, 0.2) is 5.78 Å². The first-order valence-electron chi connectivity index (χ1n) is 7.33. The third-order valence-electron chi connectivity index (χ3n) is 3.52. The van der Waals surface area contributed by atoms with Gasteiger partial charge in [0, 0.05) is 24.0 Å². The molecule has 25 heavy (non-hydrogen) atoms. The number of benzene rings is 1. The van der Waals surface area contributed by atoms with E-state index in [9.17, 15) is 13.2 Å². The maximum Gasteiger partial charge on any atom is 0.263 e. The summed E-state index contributed by atoms with van der Waals surface area (Å²) in [5, 5.41) is 0. The number of anilines is 1. The molecule has 0 aliphatic heterocycles. The van der Waals surface area contributed by atoms with E-state index in [0.29, 0.717) is 17.2 Å². The zero-order valence-corrected chi connectivity index (χ0v) is 14.4. The molecule has 3 rings (SSSR count). The first-order chi connectivity index (χ1) is 11.9. The number of imidazole rings is 1. The molecule has 0 saturated heterocycles. The van der Waals surface area contributed by atoms with Gasteiger partial charge in [-0.3, -0.25) is 14.1 Å². The molecule has 1 N–H and O–H groups in total. The van der Waals surface area contributed by atoms with Crippen LogP contribution in [-0.4, -0.2) is 33.7 Å². The summed E-state index contributed by atoms with van der Waals surface area (Å²) in [7, 11) is -3.88. The average molecular weight is 357 g/mol. The Bertz CT molecular complexity index is 1040. The Hall–Kier alpha value is -3.07. The van der Waals surface area contributed by atoms with Gasteiger partial charge in [-0.2, -0.15) is 0 Å². The number of aromatic nitrogens is 4. The van der Waals surface area contributed by atoms with E-state index < -0.39 is 10.0 Å². The number of nitrogens with one attached hydrogen (secondary N) is 1. The lowest BCUT2D eigenvalue weighted by molar-refractivity contribution is 0.101. The van der Waals surface area contributed by atoms with Gasteiger partial charge in [0.1, 0.15) is 23.8 Å². The first-order valence-corrected chi connectivity index (χ1v) is 8.81. The Morgan fingerprint density at radius 3 is 2.64 bits per heavy atom. The number of aryl methyl sites for hydroxylation is 1. The van der Waals surface area contributed by atoms with E-state index in [2.05, 4.69) is 19.7 Å². The predicted octanol–water partition coefficient (Wildman–Crippen LogP) is 1.97. The quantitative estimate of drug-likeness (QED) is 0.700. The highest BCUT2D eigenvalue weighted by molar-refractivity contribution is 7.92. The number of carbonyl (C=O) groups excluding carboxylic acids is 1. The average Bonchev–Trinajstić information content (AvgIpc) is 3.01. The Morgan fingerprint density at radius 2 is 1.96 bits per heavy atom. The Kier molecular flexibility index (Phi) is 4.32. The molecule has 2 heterocycles. The number of carbonyl (C=O) groups is 1. The minimum absolute atomic E-state index is 0.0147. The molecule has 0 aliphatic carbocycles. The summed E-state index contributed by atoms with van der Waals surface area (Å²) in [6.45, 7) is 3.18. The van der Waals surface area contributed by atoms with Gasteiger partial charge < -0.3 is 0 Å². The largest absolute Gasteiger partial charge is 0.295 e. The number of nitrogens with zero attached hydrogens (tertiary/aromatic N) is 4. The van der Waals surface area contributed by atoms with Crippen molar-refractivity contribution in [1.82, 2.24) is 19.5 Å². The van der Waals surface area contributed by atoms with E-state index >= 15 is 0 Å². The van der Waals surface area contributed by atoms with Crippen molar-refractivity contribution in [3.8, 4) is 5.82 Å². The molecule has 0 atom stereocenters. The standard InChI is InChI=1S/C16H15N5O3S/c1-11(22)13-4-3-5-14(8-13)25(23,24)20-15-9-16(19-10-18-15)21-7-6-17-12(21)2/h3-10H,1-2H3,(H,18,19,20). The second-order valence-corrected chi connectivity index (χ2v) is 6.98. The van der Waals surface area contributed by atoms with Crippen LogP contribution in [0.25, 0.3) is 5.82 Å². The minimum atomic E-state index is -3.88. The lowest BCUT2D eigenvalue weighted by Gasteiger charge is -2.10. The summed E-state index contributed by atoms with van der Waals surface area (Å²) in [6.07, 6.45) is 4.60. The van der Waals surface area contributed by atoms with Crippen molar-refractivity contribution in [2.24, 2.45) is 0 Å². The van der Waals surface area contributed by atoms with E-state index in [4.69, 9.17) is 0 Å². The second-order valence-electron chi connectivity index (χ2n) is 5.30. The van der Waals surface area contributed by atoms with Gasteiger partial charge in [0.25, 0.3) is 10.0 Å². The van der Waals surface area contributed by atoms with Crippen LogP contribution >= 0.6 is 0 Å². The highest BCUT2D eigenvalue weighted by atomic mass is 32.2. The summed E-state index contributed by atoms with van der Waals surface area (Å²) in [6, 6.07) is 7.32. The summed E-state index contributed by atoms with van der Waals surface area (Å²) >= 11 is 0. The van der Waals surface area contributed by atoms with Crippen LogP contribution in [0, 0.1) is 6.92 Å². The number of ketones is 1. The van der Waals surface area contributed by atoms with Gasteiger partial charge in [-0.15, -0.1) is 0 Å². The molecule has 0 saturated carbocycles. The topological polar surface area (TPSA) is 107 Å². The maximum atomic E-state index is 12.5. The molecule has 2 aromatic heterocycles. The van der Waals surface area contributed by atoms with Crippen molar-refractivity contribution in [3.63, 3.8) is 0 Å². The molecule has 0 aliphatic rings. The summed E-state index contributed by atoms with van der Waals surface area (Å²) < 4.78 is 29.2. The molecule has 0 bridgehead atoms. The van der Waals surface area contributed by atoms with Crippen molar-refractivity contribution >= 4 is 21.6 Å². The van der Waals surface area contributed by atoms with Gasteiger partial charge >= 0.3 is 0 Å². The number of Topliss-reactive ketones (excluding diaryl/α,β-unsaturated/α-hetero) is 1. The van der Waals surface area contributed by atoms with Crippen LogP contribution in [0.3, 0.4) is 0 Å². The maximum absolute atomic E-state index is 12.5. The Morgan fingerprint density at radius 1 is 1.16 bits per heavy atom. The summed E-state index contributed by atoms with van der Waals surface area (Å²) in [5.74, 6) is 1.10. The molecular formula is C16H15N5O3S. The van der Waals surface area contributed by atoms with Crippen molar-refractivity contribution in [2.45, 2.75) is 18.7 Å². The van der Waals surface area contributed by atoms with Crippen LogP contribution in [0.5, 0.6) is 0 Å². The van der Waals surface area contributed by atoms with Crippen molar-refractivity contribution < 1.29 is 13.2 Å². The molecule has 0 amide bonds. The lowest BCUT2D eigenvalue weighted by Crippen LogP contribution is -2.15. The normalized spacial score (nSPS) is 11.3. The number of sulfonamides is 1. The number of hydrogen-bond donors (Lipinski definition) is 1. The smallest absolute Gasteiger partial charge is 0.263 e. The van der Waals surface area contributed by atoms with E-state index in [0.717, 1.165) is 0 Å². The van der Waals surface area contributed by atoms with Crippen molar-refractivity contribution in [1.29, 1.82) is 0 Å². The van der Waals surface area contributed by atoms with Crippen LogP contribution < -0.4 is 4.72 Å². The Labute approximate surface area is 144 Å². The molecule has 0 radical (unpaired) electrons. The molecule has 9 heteroatoms. The van der Waals surface area contributed by atoms with Gasteiger partial charge in [-0.25, -0.2) is 23.4 Å². The van der Waals surface area contributed by atoms with E-state index in [-0.39, 0.29) is 16.5 Å². The van der Waals surface area contributed by atoms with Crippen LogP contribution in [-0.2, 0) is 10.0 Å². The predicted molar refractivity (Wildman–Crippen MR) is 91.1 cm³/mol. The summed E-state index contributed by atoms with van der Waals surface area (Å²) in [5.41, 5.74) is 0.320. The molecule has 8 nitrogen and oxygen atoms in total. The second kappa shape index (κ2) is 6.44. The third kappa shape index (κ3) is 3.56. The highest BCUT2D eigenvalue weighted by Crippen LogP contribution is 2.17. The van der Waals surface area contributed by atoms with Crippen molar-refractivity contribution in [2.75, 3.05) is 4.72 Å². The lowest BCUT2D eigenvalue weighted by atomic mass is 10.2. The minimum Gasteiger partial charge on any atom is -0.295 e. The van der Waals surface area contributed by atoms with E-state index in [1.54, 1.807) is 30.0 Å². The third-order valence-corrected chi connectivity index (χ3v) is 4.87. The van der Waals surface area contributed by atoms with Crippen LogP contribution in [0.15, 0.2) is 53.9 Å². The molecular weight excluding hydrogens is 342 g/mol. The fourth-order valence-corrected chi connectivity index (χ4v) is 3.28. The van der Waals surface area contributed by atoms with Crippen LogP contribution in [0.1, 0.15) is 23.1 Å². The van der Waals surface area contributed by atoms with Gasteiger partial charge in [-0.05, 0) is 26.0 Å². The van der Waals surface area contributed by atoms with Crippen LogP contribution in [0.4, 0.5) is 5.82 Å². The zero-order chi connectivity index (χ0) is 18.0. The summed E-state index contributed by atoms with van der Waals surface area (Å²) in [4.78, 5) is 23.6. The molecule has 0 fully saturated rings. The zero-order valence-electron chi connectivity index (χ0n) is 13.5. The molecule has 0 spiro atoms. The van der Waals surface area contributed by atoms with Crippen LogP contribution in [0.2, 0.25) is 0 Å². The molecule has 3 aromatic rings. The SMILES string of the molecule is CC(=O)c1cccc(S(=O)(=O)Nc2cc(-n3ccnc3C)ncn2)c1.